The Morgan fingerprint density at radius 3 is 2.29 bits per heavy atom. The number of benzene rings is 1. The maximum absolute atomic E-state index is 12.0. The molecule has 0 aromatic heterocycles. The molecule has 0 bridgehead atoms. The van der Waals surface area contributed by atoms with Gasteiger partial charge in [-0.3, -0.25) is 4.79 Å². The molecule has 6 nitrogen and oxygen atoms in total. The van der Waals surface area contributed by atoms with E-state index in [1.54, 1.807) is 21.3 Å². The van der Waals surface area contributed by atoms with Gasteiger partial charge in [-0.2, -0.15) is 0 Å². The molecule has 1 amide bonds. The zero-order valence-electron chi connectivity index (χ0n) is 15.0. The van der Waals surface area contributed by atoms with Gasteiger partial charge >= 0.3 is 0 Å². The maximum atomic E-state index is 12.0. The van der Waals surface area contributed by atoms with Gasteiger partial charge in [-0.05, 0) is 18.4 Å². The van der Waals surface area contributed by atoms with Crippen molar-refractivity contribution >= 4 is 18.3 Å². The molecule has 0 fully saturated rings. The molecule has 1 aromatic rings. The van der Waals surface area contributed by atoms with E-state index in [1.807, 2.05) is 26.0 Å². The van der Waals surface area contributed by atoms with E-state index >= 15 is 0 Å². The third-order valence-electron chi connectivity index (χ3n) is 4.04. The second-order valence-corrected chi connectivity index (χ2v) is 5.45. The first-order valence-corrected chi connectivity index (χ1v) is 7.81. The van der Waals surface area contributed by atoms with Crippen LogP contribution in [-0.2, 0) is 11.2 Å². The van der Waals surface area contributed by atoms with Crippen molar-refractivity contribution in [1.29, 1.82) is 0 Å². The summed E-state index contributed by atoms with van der Waals surface area (Å²) in [6.07, 6.45) is 1.49. The summed E-state index contributed by atoms with van der Waals surface area (Å²) in [6.45, 7) is 4.47. The molecule has 0 spiro atoms. The Morgan fingerprint density at radius 2 is 1.79 bits per heavy atom. The average Bonchev–Trinajstić information content (AvgIpc) is 2.59. The second-order valence-electron chi connectivity index (χ2n) is 5.45. The Kier molecular flexibility index (Phi) is 10.2. The van der Waals surface area contributed by atoms with Gasteiger partial charge < -0.3 is 25.3 Å². The van der Waals surface area contributed by atoms with Crippen molar-refractivity contribution in [1.82, 2.24) is 5.32 Å². The summed E-state index contributed by atoms with van der Waals surface area (Å²) in [6, 6.07) is 3.25. The minimum absolute atomic E-state index is 0. The van der Waals surface area contributed by atoms with Crippen LogP contribution in [0.25, 0.3) is 0 Å². The summed E-state index contributed by atoms with van der Waals surface area (Å²) in [5, 5.41) is 2.87. The highest BCUT2D eigenvalue weighted by atomic mass is 35.5. The van der Waals surface area contributed by atoms with E-state index in [0.717, 1.165) is 12.0 Å². The molecule has 0 aliphatic heterocycles. The van der Waals surface area contributed by atoms with Gasteiger partial charge in [-0.25, -0.2) is 0 Å². The van der Waals surface area contributed by atoms with Crippen LogP contribution in [0.5, 0.6) is 17.2 Å². The number of hydrogen-bond acceptors (Lipinski definition) is 5. The van der Waals surface area contributed by atoms with Crippen molar-refractivity contribution < 1.29 is 19.0 Å². The van der Waals surface area contributed by atoms with Crippen molar-refractivity contribution in [2.24, 2.45) is 11.7 Å². The molecule has 0 aliphatic carbocycles. The molecule has 0 saturated carbocycles. The summed E-state index contributed by atoms with van der Waals surface area (Å²) in [5.41, 5.74) is 6.85. The molecule has 0 aliphatic rings. The van der Waals surface area contributed by atoms with Crippen LogP contribution in [0.4, 0.5) is 0 Å². The summed E-state index contributed by atoms with van der Waals surface area (Å²) in [5.74, 6) is 1.81. The van der Waals surface area contributed by atoms with Crippen molar-refractivity contribution in [3.63, 3.8) is 0 Å². The standard InChI is InChI=1S/C17H28N2O4.ClH/c1-6-11(2)14(18)17(20)19-10-9-12-7-8-13(21-3)16(23-5)15(12)22-4;/h7-8,11,14H,6,9-10,18H2,1-5H3,(H,19,20);1H. The zero-order valence-corrected chi connectivity index (χ0v) is 15.9. The number of ether oxygens (including phenoxy) is 3. The topological polar surface area (TPSA) is 82.8 Å². The molecule has 0 saturated heterocycles. The van der Waals surface area contributed by atoms with Gasteiger partial charge in [0.05, 0.1) is 27.4 Å². The summed E-state index contributed by atoms with van der Waals surface area (Å²) < 4.78 is 16.0. The molecule has 24 heavy (non-hydrogen) atoms. The van der Waals surface area contributed by atoms with Crippen LogP contribution in [0.1, 0.15) is 25.8 Å². The number of rotatable bonds is 9. The highest BCUT2D eigenvalue weighted by molar-refractivity contribution is 5.85. The monoisotopic (exact) mass is 360 g/mol. The van der Waals surface area contributed by atoms with Crippen LogP contribution in [0.2, 0.25) is 0 Å². The number of nitrogens with two attached hydrogens (primary N) is 1. The lowest BCUT2D eigenvalue weighted by Gasteiger charge is -2.18. The van der Waals surface area contributed by atoms with Crippen molar-refractivity contribution in [3.05, 3.63) is 17.7 Å². The van der Waals surface area contributed by atoms with Gasteiger partial charge in [-0.1, -0.05) is 26.3 Å². The first kappa shape index (κ1) is 22.3. The second kappa shape index (κ2) is 11.0. The van der Waals surface area contributed by atoms with Gasteiger partial charge in [0.25, 0.3) is 0 Å². The lowest BCUT2D eigenvalue weighted by molar-refractivity contribution is -0.123. The normalized spacial score (nSPS) is 12.6. The minimum Gasteiger partial charge on any atom is -0.493 e. The van der Waals surface area contributed by atoms with E-state index < -0.39 is 6.04 Å². The zero-order chi connectivity index (χ0) is 17.4. The molecule has 138 valence electrons. The Hall–Kier alpha value is -1.66. The van der Waals surface area contributed by atoms with Crippen LogP contribution in [0.3, 0.4) is 0 Å². The average molecular weight is 361 g/mol. The Balaban J connectivity index is 0.00000529. The van der Waals surface area contributed by atoms with Crippen LogP contribution >= 0.6 is 12.4 Å². The number of carbonyl (C=O) groups excluding carboxylic acids is 1. The quantitative estimate of drug-likeness (QED) is 0.705. The number of nitrogens with one attached hydrogen (secondary N) is 1. The Labute approximate surface area is 150 Å². The molecule has 1 rings (SSSR count). The largest absolute Gasteiger partial charge is 0.493 e. The van der Waals surface area contributed by atoms with Gasteiger partial charge in [0.1, 0.15) is 0 Å². The Morgan fingerprint density at radius 1 is 1.17 bits per heavy atom. The van der Waals surface area contributed by atoms with Gasteiger partial charge in [-0.15, -0.1) is 12.4 Å². The lowest BCUT2D eigenvalue weighted by atomic mass is 9.99. The summed E-state index contributed by atoms with van der Waals surface area (Å²) in [4.78, 5) is 12.0. The predicted octanol–water partition coefficient (Wildman–Crippen LogP) is 2.17. The third kappa shape index (κ3) is 5.46. The van der Waals surface area contributed by atoms with Crippen LogP contribution < -0.4 is 25.3 Å². The van der Waals surface area contributed by atoms with Gasteiger partial charge in [0.2, 0.25) is 11.7 Å². The fourth-order valence-corrected chi connectivity index (χ4v) is 2.31. The van der Waals surface area contributed by atoms with Gasteiger partial charge in [0.15, 0.2) is 11.5 Å². The van der Waals surface area contributed by atoms with Crippen molar-refractivity contribution in [2.75, 3.05) is 27.9 Å². The number of hydrogen-bond donors (Lipinski definition) is 2. The van der Waals surface area contributed by atoms with E-state index in [1.165, 1.54) is 0 Å². The Bertz CT molecular complexity index is 526. The van der Waals surface area contributed by atoms with Gasteiger partial charge in [0, 0.05) is 12.1 Å². The van der Waals surface area contributed by atoms with E-state index in [0.29, 0.717) is 30.2 Å². The van der Waals surface area contributed by atoms with Crippen LogP contribution in [0.15, 0.2) is 12.1 Å². The smallest absolute Gasteiger partial charge is 0.237 e. The number of amides is 1. The van der Waals surface area contributed by atoms with E-state index in [2.05, 4.69) is 5.32 Å². The maximum Gasteiger partial charge on any atom is 0.237 e. The highest BCUT2D eigenvalue weighted by Crippen LogP contribution is 2.39. The molecular weight excluding hydrogens is 332 g/mol. The molecule has 0 heterocycles. The number of halogens is 1. The molecular formula is C17H29ClN2O4. The summed E-state index contributed by atoms with van der Waals surface area (Å²) in [7, 11) is 4.72. The third-order valence-corrected chi connectivity index (χ3v) is 4.04. The molecule has 2 atom stereocenters. The first-order valence-electron chi connectivity index (χ1n) is 7.81. The van der Waals surface area contributed by atoms with E-state index in [9.17, 15) is 4.79 Å². The number of methoxy groups -OCH3 is 3. The minimum atomic E-state index is -0.479. The molecule has 3 N–H and O–H groups in total. The van der Waals surface area contributed by atoms with E-state index in [4.69, 9.17) is 19.9 Å². The molecule has 2 unspecified atom stereocenters. The summed E-state index contributed by atoms with van der Waals surface area (Å²) >= 11 is 0. The van der Waals surface area contributed by atoms with Crippen molar-refractivity contribution in [2.45, 2.75) is 32.7 Å². The van der Waals surface area contributed by atoms with Crippen molar-refractivity contribution in [3.8, 4) is 17.2 Å². The highest BCUT2D eigenvalue weighted by Gasteiger charge is 2.19. The lowest BCUT2D eigenvalue weighted by Crippen LogP contribution is -2.45. The molecule has 0 radical (unpaired) electrons. The predicted molar refractivity (Wildman–Crippen MR) is 97.5 cm³/mol. The SMILES string of the molecule is CCC(C)C(N)C(=O)NCCc1ccc(OC)c(OC)c1OC.Cl. The fourth-order valence-electron chi connectivity index (χ4n) is 2.31. The first-order chi connectivity index (χ1) is 11.0. The fraction of sp³-hybridized carbons (Fsp3) is 0.588. The van der Waals surface area contributed by atoms with Crippen LogP contribution in [0, 0.1) is 5.92 Å². The number of carbonyl (C=O) groups is 1. The van der Waals surface area contributed by atoms with E-state index in [-0.39, 0.29) is 24.2 Å². The molecule has 1 aromatic carbocycles. The molecule has 7 heteroatoms. The van der Waals surface area contributed by atoms with Crippen LogP contribution in [-0.4, -0.2) is 39.8 Å².